The Morgan fingerprint density at radius 1 is 1.19 bits per heavy atom. The number of hydrogen-bond donors (Lipinski definition) is 1. The topological polar surface area (TPSA) is 109 Å². The van der Waals surface area contributed by atoms with Crippen LogP contribution >= 0.6 is 0 Å². The summed E-state index contributed by atoms with van der Waals surface area (Å²) < 4.78 is 43.6. The van der Waals surface area contributed by atoms with Gasteiger partial charge < -0.3 is 19.4 Å². The van der Waals surface area contributed by atoms with Crippen molar-refractivity contribution in [2.45, 2.75) is 90.1 Å². The highest BCUT2D eigenvalue weighted by molar-refractivity contribution is 7.91. The van der Waals surface area contributed by atoms with E-state index >= 15 is 0 Å². The highest BCUT2D eigenvalue weighted by Gasteiger charge is 2.52. The Morgan fingerprint density at radius 2 is 1.75 bits per heavy atom. The molecule has 180 valence electrons. The fraction of sp³-hybridized carbons (Fsp3) is 0.810. The van der Waals surface area contributed by atoms with Crippen molar-refractivity contribution < 1.29 is 27.3 Å². The molecule has 0 radical (unpaired) electrons. The molecule has 1 aromatic rings. The van der Waals surface area contributed by atoms with E-state index in [4.69, 9.17) is 14.0 Å². The maximum absolute atomic E-state index is 12.1. The van der Waals surface area contributed by atoms with Gasteiger partial charge in [-0.3, -0.25) is 4.68 Å². The number of carbonyl (C=O) groups is 1. The minimum Gasteiger partial charge on any atom is -0.444 e. The Morgan fingerprint density at radius 3 is 2.28 bits per heavy atom. The number of nitrogens with zero attached hydrogens (tertiary/aromatic N) is 2. The molecule has 1 amide bonds. The molecule has 2 aliphatic rings. The Balaban J connectivity index is 1.76. The molecule has 3 rings (SSSR count). The number of hydrogen-bond acceptors (Lipinski definition) is 7. The summed E-state index contributed by atoms with van der Waals surface area (Å²) in [5.74, 6) is 0.177. The minimum atomic E-state index is -3.07. The number of amides is 1. The lowest BCUT2D eigenvalue weighted by Crippen LogP contribution is -2.45. The molecule has 2 saturated heterocycles. The normalized spacial score (nSPS) is 23.7. The summed E-state index contributed by atoms with van der Waals surface area (Å²) in [5, 5.41) is 7.36. The van der Waals surface area contributed by atoms with Crippen LogP contribution in [0.1, 0.15) is 67.7 Å². The lowest BCUT2D eigenvalue weighted by molar-refractivity contribution is 0.00578. The van der Waals surface area contributed by atoms with Crippen molar-refractivity contribution in [1.82, 2.24) is 15.1 Å². The van der Waals surface area contributed by atoms with Crippen molar-refractivity contribution in [1.29, 1.82) is 0 Å². The second-order valence-corrected chi connectivity index (χ2v) is 13.2. The van der Waals surface area contributed by atoms with E-state index in [1.54, 1.807) is 27.0 Å². The van der Waals surface area contributed by atoms with E-state index in [1.807, 2.05) is 38.6 Å². The van der Waals surface area contributed by atoms with Gasteiger partial charge in [-0.25, -0.2) is 13.2 Å². The van der Waals surface area contributed by atoms with Gasteiger partial charge in [0.15, 0.2) is 9.84 Å². The molecule has 0 atom stereocenters. The van der Waals surface area contributed by atoms with Crippen LogP contribution in [0.25, 0.3) is 0 Å². The maximum Gasteiger partial charge on any atom is 0.498 e. The van der Waals surface area contributed by atoms with Gasteiger partial charge in [0.25, 0.3) is 0 Å². The fourth-order valence-electron chi connectivity index (χ4n) is 3.92. The molecule has 32 heavy (non-hydrogen) atoms. The predicted molar refractivity (Wildman–Crippen MR) is 123 cm³/mol. The molecule has 3 heterocycles. The molecular formula is C21H36BN3O6S. The first kappa shape index (κ1) is 25.0. The van der Waals surface area contributed by atoms with Crippen LogP contribution < -0.4 is 10.8 Å². The van der Waals surface area contributed by atoms with Crippen LogP contribution in [0.5, 0.6) is 0 Å². The first-order chi connectivity index (χ1) is 14.5. The van der Waals surface area contributed by atoms with Gasteiger partial charge in [0, 0.05) is 24.4 Å². The number of carbonyl (C=O) groups excluding carboxylic acids is 1. The highest BCUT2D eigenvalue weighted by Crippen LogP contribution is 2.37. The predicted octanol–water partition coefficient (Wildman–Crippen LogP) is 2.00. The SMILES string of the molecule is CC(C)(C)OC(=O)NCCC1(n2cc(B3OC(C)(C)C(C)(C)O3)cn2)CCS(=O)(=O)CC1. The third-order valence-corrected chi connectivity index (χ3v) is 8.28. The van der Waals surface area contributed by atoms with Gasteiger partial charge in [-0.15, -0.1) is 0 Å². The number of ether oxygens (including phenoxy) is 1. The second kappa shape index (κ2) is 8.32. The monoisotopic (exact) mass is 469 g/mol. The number of aromatic nitrogens is 2. The molecule has 1 aromatic heterocycles. The van der Waals surface area contributed by atoms with E-state index in [2.05, 4.69) is 10.4 Å². The minimum absolute atomic E-state index is 0.0884. The van der Waals surface area contributed by atoms with Crippen LogP contribution in [0.15, 0.2) is 12.4 Å². The van der Waals surface area contributed by atoms with E-state index in [9.17, 15) is 13.2 Å². The van der Waals surface area contributed by atoms with Gasteiger partial charge in [0.2, 0.25) is 0 Å². The van der Waals surface area contributed by atoms with Gasteiger partial charge in [-0.1, -0.05) is 0 Å². The smallest absolute Gasteiger partial charge is 0.444 e. The molecule has 0 aromatic carbocycles. The van der Waals surface area contributed by atoms with Crippen LogP contribution in [-0.2, 0) is 29.4 Å². The Labute approximate surface area is 191 Å². The molecule has 2 fully saturated rings. The summed E-state index contributed by atoms with van der Waals surface area (Å²) in [7, 11) is -3.61. The van der Waals surface area contributed by atoms with Crippen LogP contribution in [0.2, 0.25) is 0 Å². The van der Waals surface area contributed by atoms with Crippen molar-refractivity contribution in [2.24, 2.45) is 0 Å². The fourth-order valence-corrected chi connectivity index (χ4v) is 5.51. The third kappa shape index (κ3) is 5.48. The molecular weight excluding hydrogens is 433 g/mol. The lowest BCUT2D eigenvalue weighted by atomic mass is 9.81. The van der Waals surface area contributed by atoms with Crippen LogP contribution in [0.3, 0.4) is 0 Å². The highest BCUT2D eigenvalue weighted by atomic mass is 32.2. The summed E-state index contributed by atoms with van der Waals surface area (Å²) in [6, 6.07) is 0. The number of alkyl carbamates (subject to hydrolysis) is 1. The average molecular weight is 469 g/mol. The molecule has 0 spiro atoms. The van der Waals surface area contributed by atoms with Gasteiger partial charge >= 0.3 is 13.2 Å². The molecule has 9 nitrogen and oxygen atoms in total. The molecule has 0 bridgehead atoms. The quantitative estimate of drug-likeness (QED) is 0.657. The summed E-state index contributed by atoms with van der Waals surface area (Å²) in [6.07, 6.45) is 4.49. The number of sulfone groups is 1. The van der Waals surface area contributed by atoms with Gasteiger partial charge in [-0.2, -0.15) is 5.10 Å². The first-order valence-electron chi connectivity index (χ1n) is 11.1. The second-order valence-electron chi connectivity index (χ2n) is 10.9. The van der Waals surface area contributed by atoms with Crippen molar-refractivity contribution in [3.8, 4) is 0 Å². The Hall–Kier alpha value is -1.59. The average Bonchev–Trinajstić information content (AvgIpc) is 3.19. The van der Waals surface area contributed by atoms with Crippen molar-refractivity contribution in [3.05, 3.63) is 12.4 Å². The largest absolute Gasteiger partial charge is 0.498 e. The zero-order chi connectivity index (χ0) is 24.0. The van der Waals surface area contributed by atoms with Gasteiger partial charge in [0.05, 0.1) is 28.2 Å². The summed E-state index contributed by atoms with van der Waals surface area (Å²) in [5.41, 5.74) is -1.25. The first-order valence-corrected chi connectivity index (χ1v) is 12.9. The molecule has 0 saturated carbocycles. The van der Waals surface area contributed by atoms with Gasteiger partial charge in [0.1, 0.15) is 5.60 Å². The summed E-state index contributed by atoms with van der Waals surface area (Å²) in [4.78, 5) is 12.1. The number of rotatable bonds is 5. The standard InChI is InChI=1S/C21H36BN3O6S/c1-18(2,3)29-17(26)23-11-8-21(9-12-32(27,28)13-10-21)25-15-16(14-24-25)22-30-19(4,5)20(6,7)31-22/h14-15H,8-13H2,1-7H3,(H,23,26). The number of nitrogens with one attached hydrogen (secondary N) is 1. The summed E-state index contributed by atoms with van der Waals surface area (Å²) in [6.45, 7) is 13.7. The van der Waals surface area contributed by atoms with E-state index in [1.165, 1.54) is 0 Å². The van der Waals surface area contributed by atoms with Crippen LogP contribution in [-0.4, -0.2) is 66.3 Å². The van der Waals surface area contributed by atoms with Crippen molar-refractivity contribution in [3.63, 3.8) is 0 Å². The van der Waals surface area contributed by atoms with E-state index in [0.717, 1.165) is 5.46 Å². The van der Waals surface area contributed by atoms with Crippen LogP contribution in [0, 0.1) is 0 Å². The maximum atomic E-state index is 12.1. The van der Waals surface area contributed by atoms with E-state index in [-0.39, 0.29) is 11.5 Å². The van der Waals surface area contributed by atoms with Gasteiger partial charge in [-0.05, 0) is 67.7 Å². The molecule has 0 unspecified atom stereocenters. The molecule has 1 N–H and O–H groups in total. The Kier molecular flexibility index (Phi) is 6.52. The Bertz CT molecular complexity index is 921. The molecule has 11 heteroatoms. The lowest BCUT2D eigenvalue weighted by Gasteiger charge is -2.37. The van der Waals surface area contributed by atoms with Crippen molar-refractivity contribution in [2.75, 3.05) is 18.1 Å². The third-order valence-electron chi connectivity index (χ3n) is 6.63. The zero-order valence-electron chi connectivity index (χ0n) is 20.2. The van der Waals surface area contributed by atoms with Crippen LogP contribution in [0.4, 0.5) is 4.79 Å². The zero-order valence-corrected chi connectivity index (χ0v) is 21.0. The summed E-state index contributed by atoms with van der Waals surface area (Å²) >= 11 is 0. The van der Waals surface area contributed by atoms with Crippen molar-refractivity contribution >= 4 is 28.5 Å². The van der Waals surface area contributed by atoms with E-state index in [0.29, 0.717) is 25.8 Å². The van der Waals surface area contributed by atoms with E-state index < -0.39 is 45.4 Å². The molecule has 0 aliphatic carbocycles. The molecule has 2 aliphatic heterocycles.